The second-order valence-electron chi connectivity index (χ2n) is 6.45. The van der Waals surface area contributed by atoms with Crippen molar-refractivity contribution in [3.8, 4) is 0 Å². The van der Waals surface area contributed by atoms with Crippen LogP contribution < -0.4 is 0 Å². The lowest BCUT2D eigenvalue weighted by Crippen LogP contribution is -2.44. The van der Waals surface area contributed by atoms with E-state index in [0.717, 1.165) is 11.1 Å². The molecule has 0 aliphatic carbocycles. The van der Waals surface area contributed by atoms with Crippen LogP contribution >= 0.6 is 0 Å². The summed E-state index contributed by atoms with van der Waals surface area (Å²) < 4.78 is 11.0. The van der Waals surface area contributed by atoms with Gasteiger partial charge >= 0.3 is 5.97 Å². The van der Waals surface area contributed by atoms with Gasteiger partial charge in [-0.05, 0) is 25.5 Å². The van der Waals surface area contributed by atoms with Gasteiger partial charge in [0.1, 0.15) is 0 Å². The Kier molecular flexibility index (Phi) is 5.68. The second-order valence-corrected chi connectivity index (χ2v) is 6.45. The van der Waals surface area contributed by atoms with Gasteiger partial charge in [-0.3, -0.25) is 4.79 Å². The zero-order valence-corrected chi connectivity index (χ0v) is 15.1. The summed E-state index contributed by atoms with van der Waals surface area (Å²) >= 11 is 0. The maximum absolute atomic E-state index is 13.0. The number of esters is 1. The Balaban J connectivity index is 1.85. The summed E-state index contributed by atoms with van der Waals surface area (Å²) in [6.07, 6.45) is -0.956. The van der Waals surface area contributed by atoms with Crippen LogP contribution in [-0.4, -0.2) is 43.1 Å². The van der Waals surface area contributed by atoms with Crippen LogP contribution in [0.25, 0.3) is 0 Å². The number of amides is 1. The first-order chi connectivity index (χ1) is 12.6. The molecular weight excluding hydrogens is 330 g/mol. The number of hydrogen-bond donors (Lipinski definition) is 0. The van der Waals surface area contributed by atoms with Gasteiger partial charge < -0.3 is 14.4 Å². The molecule has 136 valence electrons. The van der Waals surface area contributed by atoms with Gasteiger partial charge in [-0.25, -0.2) is 4.79 Å². The minimum absolute atomic E-state index is 0.211. The number of nitrogens with zero attached hydrogens (tertiary/aromatic N) is 1. The van der Waals surface area contributed by atoms with Gasteiger partial charge in [-0.2, -0.15) is 0 Å². The molecule has 1 amide bonds. The van der Waals surface area contributed by atoms with Crippen molar-refractivity contribution in [1.82, 2.24) is 4.90 Å². The van der Waals surface area contributed by atoms with Crippen molar-refractivity contribution in [2.24, 2.45) is 0 Å². The SMILES string of the molecule is Cc1ccc(C(=O)OC(C(=O)N2CCOCC2)c2ccccc2)c(C)c1. The van der Waals surface area contributed by atoms with Crippen molar-refractivity contribution >= 4 is 11.9 Å². The smallest absolute Gasteiger partial charge is 0.339 e. The molecule has 5 heteroatoms. The van der Waals surface area contributed by atoms with Gasteiger partial charge in [0.05, 0.1) is 18.8 Å². The average molecular weight is 353 g/mol. The summed E-state index contributed by atoms with van der Waals surface area (Å²) in [5.41, 5.74) is 3.05. The second kappa shape index (κ2) is 8.15. The van der Waals surface area contributed by atoms with Crippen molar-refractivity contribution in [3.05, 3.63) is 70.8 Å². The Morgan fingerprint density at radius 3 is 2.38 bits per heavy atom. The van der Waals surface area contributed by atoms with Gasteiger partial charge in [0, 0.05) is 18.7 Å². The highest BCUT2D eigenvalue weighted by Gasteiger charge is 2.31. The van der Waals surface area contributed by atoms with Crippen LogP contribution in [0.3, 0.4) is 0 Å². The zero-order chi connectivity index (χ0) is 18.5. The molecule has 1 unspecified atom stereocenters. The molecule has 1 heterocycles. The molecule has 1 fully saturated rings. The number of carbonyl (C=O) groups excluding carboxylic acids is 2. The van der Waals surface area contributed by atoms with Gasteiger partial charge in [-0.1, -0.05) is 48.0 Å². The van der Waals surface area contributed by atoms with E-state index in [9.17, 15) is 9.59 Å². The highest BCUT2D eigenvalue weighted by molar-refractivity contribution is 5.94. The number of aryl methyl sites for hydroxylation is 2. The van der Waals surface area contributed by atoms with E-state index in [1.54, 1.807) is 23.1 Å². The Hall–Kier alpha value is -2.66. The van der Waals surface area contributed by atoms with Crippen LogP contribution in [0.15, 0.2) is 48.5 Å². The minimum atomic E-state index is -0.956. The molecule has 0 N–H and O–H groups in total. The van der Waals surface area contributed by atoms with Gasteiger partial charge in [-0.15, -0.1) is 0 Å². The van der Waals surface area contributed by atoms with E-state index in [1.807, 2.05) is 44.2 Å². The molecule has 1 aliphatic rings. The Morgan fingerprint density at radius 2 is 1.73 bits per heavy atom. The van der Waals surface area contributed by atoms with Gasteiger partial charge in [0.25, 0.3) is 5.91 Å². The topological polar surface area (TPSA) is 55.8 Å². The molecule has 5 nitrogen and oxygen atoms in total. The molecule has 1 aliphatic heterocycles. The number of carbonyl (C=O) groups is 2. The van der Waals surface area contributed by atoms with E-state index < -0.39 is 12.1 Å². The van der Waals surface area contributed by atoms with Gasteiger partial charge in [0.15, 0.2) is 0 Å². The number of rotatable bonds is 4. The molecule has 0 radical (unpaired) electrons. The fraction of sp³-hybridized carbons (Fsp3) is 0.333. The van der Waals surface area contributed by atoms with E-state index in [1.165, 1.54) is 0 Å². The normalized spacial score (nSPS) is 15.4. The van der Waals surface area contributed by atoms with Crippen molar-refractivity contribution in [2.75, 3.05) is 26.3 Å². The highest BCUT2D eigenvalue weighted by atomic mass is 16.5. The van der Waals surface area contributed by atoms with E-state index in [4.69, 9.17) is 9.47 Å². The molecule has 1 atom stereocenters. The molecule has 0 bridgehead atoms. The lowest BCUT2D eigenvalue weighted by molar-refractivity contribution is -0.145. The summed E-state index contributed by atoms with van der Waals surface area (Å²) in [4.78, 5) is 27.4. The quantitative estimate of drug-likeness (QED) is 0.793. The van der Waals surface area contributed by atoms with Crippen LogP contribution in [0, 0.1) is 13.8 Å². The monoisotopic (exact) mass is 353 g/mol. The van der Waals surface area contributed by atoms with E-state index in [-0.39, 0.29) is 5.91 Å². The largest absolute Gasteiger partial charge is 0.444 e. The van der Waals surface area contributed by atoms with Crippen molar-refractivity contribution in [2.45, 2.75) is 20.0 Å². The standard InChI is InChI=1S/C21H23NO4/c1-15-8-9-18(16(2)14-15)21(24)26-19(17-6-4-3-5-7-17)20(23)22-10-12-25-13-11-22/h3-9,14,19H,10-13H2,1-2H3. The first-order valence-electron chi connectivity index (χ1n) is 8.76. The molecule has 1 saturated heterocycles. The van der Waals surface area contributed by atoms with E-state index in [0.29, 0.717) is 37.4 Å². The third-order valence-corrected chi connectivity index (χ3v) is 4.48. The Bertz CT molecular complexity index is 782. The number of morpholine rings is 1. The van der Waals surface area contributed by atoms with Crippen LogP contribution in [0.1, 0.15) is 33.2 Å². The third-order valence-electron chi connectivity index (χ3n) is 4.48. The molecular formula is C21H23NO4. The summed E-state index contributed by atoms with van der Waals surface area (Å²) in [6, 6.07) is 14.7. The third kappa shape index (κ3) is 4.11. The summed E-state index contributed by atoms with van der Waals surface area (Å²) in [5, 5.41) is 0. The predicted molar refractivity (Wildman–Crippen MR) is 97.9 cm³/mol. The van der Waals surface area contributed by atoms with Crippen LogP contribution in [0.4, 0.5) is 0 Å². The van der Waals surface area contributed by atoms with Crippen molar-refractivity contribution in [3.63, 3.8) is 0 Å². The lowest BCUT2D eigenvalue weighted by Gasteiger charge is -2.30. The molecule has 2 aromatic rings. The molecule has 0 spiro atoms. The maximum Gasteiger partial charge on any atom is 0.339 e. The Morgan fingerprint density at radius 1 is 1.04 bits per heavy atom. The molecule has 0 aromatic heterocycles. The first kappa shape index (κ1) is 18.1. The Labute approximate surface area is 153 Å². The van der Waals surface area contributed by atoms with Crippen molar-refractivity contribution < 1.29 is 19.1 Å². The molecule has 3 rings (SSSR count). The number of benzene rings is 2. The summed E-state index contributed by atoms with van der Waals surface area (Å²) in [7, 11) is 0. The van der Waals surface area contributed by atoms with Crippen LogP contribution in [-0.2, 0) is 14.3 Å². The highest BCUT2D eigenvalue weighted by Crippen LogP contribution is 2.23. The minimum Gasteiger partial charge on any atom is -0.444 e. The fourth-order valence-electron chi connectivity index (χ4n) is 3.05. The first-order valence-corrected chi connectivity index (χ1v) is 8.76. The molecule has 2 aromatic carbocycles. The van der Waals surface area contributed by atoms with Crippen molar-refractivity contribution in [1.29, 1.82) is 0 Å². The summed E-state index contributed by atoms with van der Waals surface area (Å²) in [5.74, 6) is -0.699. The van der Waals surface area contributed by atoms with E-state index in [2.05, 4.69) is 0 Å². The maximum atomic E-state index is 13.0. The fourth-order valence-corrected chi connectivity index (χ4v) is 3.05. The average Bonchev–Trinajstić information content (AvgIpc) is 2.67. The number of hydrogen-bond acceptors (Lipinski definition) is 4. The number of ether oxygens (including phenoxy) is 2. The lowest BCUT2D eigenvalue weighted by atomic mass is 10.1. The van der Waals surface area contributed by atoms with Crippen LogP contribution in [0.2, 0.25) is 0 Å². The van der Waals surface area contributed by atoms with Crippen LogP contribution in [0.5, 0.6) is 0 Å². The zero-order valence-electron chi connectivity index (χ0n) is 15.1. The molecule has 26 heavy (non-hydrogen) atoms. The van der Waals surface area contributed by atoms with E-state index >= 15 is 0 Å². The molecule has 0 saturated carbocycles. The summed E-state index contributed by atoms with van der Waals surface area (Å²) in [6.45, 7) is 5.84. The predicted octanol–water partition coefficient (Wildman–Crippen LogP) is 3.06. The van der Waals surface area contributed by atoms with Gasteiger partial charge in [0.2, 0.25) is 6.10 Å².